The molecule has 0 saturated heterocycles. The molecule has 6 nitrogen and oxygen atoms in total. The molecule has 1 aliphatic rings. The smallest absolute Gasteiger partial charge is 0.311 e. The summed E-state index contributed by atoms with van der Waals surface area (Å²) in [5.74, 6) is -0.763. The van der Waals surface area contributed by atoms with Crippen molar-refractivity contribution < 1.29 is 14.8 Å². The molecular formula is C14H18N2O4. The molecule has 0 unspecified atom stereocenters. The Hall–Kier alpha value is -2.11. The van der Waals surface area contributed by atoms with Crippen LogP contribution in [0.15, 0.2) is 18.2 Å². The van der Waals surface area contributed by atoms with E-state index in [1.54, 1.807) is 19.1 Å². The van der Waals surface area contributed by atoms with Gasteiger partial charge in [0.15, 0.2) is 0 Å². The maximum Gasteiger partial charge on any atom is 0.311 e. The molecule has 1 aromatic rings. The average Bonchev–Trinajstić information content (AvgIpc) is 2.86. The number of carboxylic acids is 1. The van der Waals surface area contributed by atoms with E-state index in [-0.39, 0.29) is 5.69 Å². The maximum absolute atomic E-state index is 11.4. The maximum atomic E-state index is 11.4. The van der Waals surface area contributed by atoms with E-state index in [4.69, 9.17) is 0 Å². The van der Waals surface area contributed by atoms with Crippen molar-refractivity contribution in [3.63, 3.8) is 0 Å². The molecule has 108 valence electrons. The molecule has 1 saturated carbocycles. The molecule has 0 atom stereocenters. The number of nitrogens with one attached hydrogen (secondary N) is 1. The van der Waals surface area contributed by atoms with Crippen LogP contribution in [0.1, 0.15) is 31.2 Å². The summed E-state index contributed by atoms with van der Waals surface area (Å²) >= 11 is 0. The van der Waals surface area contributed by atoms with Crippen LogP contribution in [0, 0.1) is 22.5 Å². The van der Waals surface area contributed by atoms with Crippen molar-refractivity contribution in [2.75, 3.05) is 11.9 Å². The lowest BCUT2D eigenvalue weighted by Crippen LogP contribution is -2.35. The predicted molar refractivity (Wildman–Crippen MR) is 74.9 cm³/mol. The lowest BCUT2D eigenvalue weighted by atomic mass is 9.86. The van der Waals surface area contributed by atoms with Gasteiger partial charge < -0.3 is 10.4 Å². The molecule has 1 aliphatic carbocycles. The van der Waals surface area contributed by atoms with E-state index < -0.39 is 16.3 Å². The largest absolute Gasteiger partial charge is 0.481 e. The number of carbonyl (C=O) groups is 1. The quantitative estimate of drug-likeness (QED) is 0.638. The number of nitro groups is 1. The number of nitro benzene ring substituents is 1. The van der Waals surface area contributed by atoms with Gasteiger partial charge in [-0.05, 0) is 31.9 Å². The fourth-order valence-electron chi connectivity index (χ4n) is 2.76. The fourth-order valence-corrected chi connectivity index (χ4v) is 2.76. The highest BCUT2D eigenvalue weighted by atomic mass is 16.6. The van der Waals surface area contributed by atoms with Gasteiger partial charge in [-0.25, -0.2) is 0 Å². The number of nitrogens with zero attached hydrogens (tertiary/aromatic N) is 1. The van der Waals surface area contributed by atoms with Gasteiger partial charge in [0.2, 0.25) is 0 Å². The second-order valence-corrected chi connectivity index (χ2v) is 5.40. The SMILES string of the molecule is Cc1cc(NCC2(C(=O)O)CCCC2)ccc1[N+](=O)[O-]. The third kappa shape index (κ3) is 2.74. The van der Waals surface area contributed by atoms with Crippen LogP contribution >= 0.6 is 0 Å². The second kappa shape index (κ2) is 5.48. The zero-order chi connectivity index (χ0) is 14.8. The number of hydrogen-bond donors (Lipinski definition) is 2. The van der Waals surface area contributed by atoms with E-state index in [1.807, 2.05) is 0 Å². The number of anilines is 1. The summed E-state index contributed by atoms with van der Waals surface area (Å²) in [6.07, 6.45) is 3.24. The van der Waals surface area contributed by atoms with Crippen LogP contribution < -0.4 is 5.32 Å². The van der Waals surface area contributed by atoms with Gasteiger partial charge >= 0.3 is 5.97 Å². The molecule has 1 fully saturated rings. The number of aryl methyl sites for hydroxylation is 1. The third-order valence-corrected chi connectivity index (χ3v) is 4.04. The molecule has 0 radical (unpaired) electrons. The van der Waals surface area contributed by atoms with Gasteiger partial charge in [-0.1, -0.05) is 12.8 Å². The van der Waals surface area contributed by atoms with Crippen molar-refractivity contribution in [2.45, 2.75) is 32.6 Å². The van der Waals surface area contributed by atoms with Crippen LogP contribution in [0.5, 0.6) is 0 Å². The van der Waals surface area contributed by atoms with E-state index in [1.165, 1.54) is 6.07 Å². The highest BCUT2D eigenvalue weighted by molar-refractivity contribution is 5.76. The lowest BCUT2D eigenvalue weighted by molar-refractivity contribution is -0.385. The van der Waals surface area contributed by atoms with Crippen molar-refractivity contribution in [1.29, 1.82) is 0 Å². The highest BCUT2D eigenvalue weighted by Crippen LogP contribution is 2.38. The topological polar surface area (TPSA) is 92.5 Å². The predicted octanol–water partition coefficient (Wildman–Crippen LogP) is 2.96. The van der Waals surface area contributed by atoms with Gasteiger partial charge in [-0.15, -0.1) is 0 Å². The molecule has 0 amide bonds. The van der Waals surface area contributed by atoms with Gasteiger partial charge in [0.05, 0.1) is 10.3 Å². The molecule has 0 bridgehead atoms. The van der Waals surface area contributed by atoms with E-state index in [9.17, 15) is 20.0 Å². The van der Waals surface area contributed by atoms with Gasteiger partial charge in [0.25, 0.3) is 5.69 Å². The molecule has 6 heteroatoms. The van der Waals surface area contributed by atoms with E-state index >= 15 is 0 Å². The molecule has 2 rings (SSSR count). The Morgan fingerprint density at radius 2 is 2.10 bits per heavy atom. The van der Waals surface area contributed by atoms with Gasteiger partial charge in [-0.3, -0.25) is 14.9 Å². The highest BCUT2D eigenvalue weighted by Gasteiger charge is 2.41. The van der Waals surface area contributed by atoms with Crippen LogP contribution in [0.25, 0.3) is 0 Å². The minimum Gasteiger partial charge on any atom is -0.481 e. The van der Waals surface area contributed by atoms with Crippen molar-refractivity contribution in [2.24, 2.45) is 5.41 Å². The van der Waals surface area contributed by atoms with E-state index in [0.717, 1.165) is 18.5 Å². The zero-order valence-electron chi connectivity index (χ0n) is 11.4. The summed E-state index contributed by atoms with van der Waals surface area (Å²) in [5.41, 5.74) is 0.663. The Labute approximate surface area is 117 Å². The molecule has 0 aromatic heterocycles. The normalized spacial score (nSPS) is 16.9. The van der Waals surface area contributed by atoms with Crippen LogP contribution in [0.4, 0.5) is 11.4 Å². The Balaban J connectivity index is 2.09. The molecule has 2 N–H and O–H groups in total. The number of aliphatic carboxylic acids is 1. The molecule has 1 aromatic carbocycles. The molecule has 0 heterocycles. The number of rotatable bonds is 5. The summed E-state index contributed by atoms with van der Waals surface area (Å²) in [7, 11) is 0. The fraction of sp³-hybridized carbons (Fsp3) is 0.500. The van der Waals surface area contributed by atoms with Gasteiger partial charge in [0, 0.05) is 23.9 Å². The average molecular weight is 278 g/mol. The van der Waals surface area contributed by atoms with Crippen molar-refractivity contribution in [3.05, 3.63) is 33.9 Å². The van der Waals surface area contributed by atoms with E-state index in [2.05, 4.69) is 5.32 Å². The van der Waals surface area contributed by atoms with E-state index in [0.29, 0.717) is 24.9 Å². The first-order valence-electron chi connectivity index (χ1n) is 6.67. The Bertz CT molecular complexity index is 536. The minimum atomic E-state index is -0.763. The van der Waals surface area contributed by atoms with Crippen molar-refractivity contribution >= 4 is 17.3 Å². The molecule has 0 spiro atoms. The van der Waals surface area contributed by atoms with Gasteiger partial charge in [0.1, 0.15) is 0 Å². The Morgan fingerprint density at radius 1 is 1.45 bits per heavy atom. The van der Waals surface area contributed by atoms with Crippen LogP contribution in [-0.4, -0.2) is 22.5 Å². The minimum absolute atomic E-state index is 0.0735. The second-order valence-electron chi connectivity index (χ2n) is 5.40. The summed E-state index contributed by atoms with van der Waals surface area (Å²) in [4.78, 5) is 21.8. The number of carboxylic acid groups (broad SMARTS) is 1. The first kappa shape index (κ1) is 14.3. The Morgan fingerprint density at radius 3 is 2.60 bits per heavy atom. The molecule has 20 heavy (non-hydrogen) atoms. The van der Waals surface area contributed by atoms with Crippen molar-refractivity contribution in [1.82, 2.24) is 0 Å². The van der Waals surface area contributed by atoms with Crippen LogP contribution in [-0.2, 0) is 4.79 Å². The number of benzene rings is 1. The third-order valence-electron chi connectivity index (χ3n) is 4.04. The molecule has 0 aliphatic heterocycles. The van der Waals surface area contributed by atoms with Crippen molar-refractivity contribution in [3.8, 4) is 0 Å². The Kier molecular flexibility index (Phi) is 3.92. The number of hydrogen-bond acceptors (Lipinski definition) is 4. The van der Waals surface area contributed by atoms with Gasteiger partial charge in [-0.2, -0.15) is 0 Å². The first-order chi connectivity index (χ1) is 9.44. The summed E-state index contributed by atoms with van der Waals surface area (Å²) in [6, 6.07) is 4.75. The monoisotopic (exact) mass is 278 g/mol. The summed E-state index contributed by atoms with van der Waals surface area (Å²) < 4.78 is 0. The standard InChI is InChI=1S/C14H18N2O4/c1-10-8-11(4-5-12(10)16(19)20)15-9-14(13(17)18)6-2-3-7-14/h4-5,8,15H,2-3,6-7,9H2,1H3,(H,17,18). The van der Waals surface area contributed by atoms with Crippen LogP contribution in [0.2, 0.25) is 0 Å². The first-order valence-corrected chi connectivity index (χ1v) is 6.67. The zero-order valence-corrected chi connectivity index (χ0v) is 11.4. The summed E-state index contributed by atoms with van der Waals surface area (Å²) in [6.45, 7) is 2.03. The van der Waals surface area contributed by atoms with Crippen LogP contribution in [0.3, 0.4) is 0 Å². The lowest BCUT2D eigenvalue weighted by Gasteiger charge is -2.24. The summed E-state index contributed by atoms with van der Waals surface area (Å²) in [5, 5.41) is 23.2. The molecular weight excluding hydrogens is 260 g/mol.